The van der Waals surface area contributed by atoms with Gasteiger partial charge in [-0.2, -0.15) is 0 Å². The second-order valence-corrected chi connectivity index (χ2v) is 3.75. The van der Waals surface area contributed by atoms with E-state index in [-0.39, 0.29) is 5.82 Å². The van der Waals surface area contributed by atoms with Gasteiger partial charge in [-0.3, -0.25) is 9.55 Å². The van der Waals surface area contributed by atoms with Crippen molar-refractivity contribution in [2.75, 3.05) is 5.32 Å². The van der Waals surface area contributed by atoms with E-state index in [0.717, 1.165) is 5.69 Å². The van der Waals surface area contributed by atoms with Crippen LogP contribution in [0.4, 0.5) is 15.9 Å². The van der Waals surface area contributed by atoms with Crippen LogP contribution in [0.2, 0.25) is 0 Å². The minimum Gasteiger partial charge on any atom is -0.336 e. The Bertz CT molecular complexity index is 668. The molecule has 0 aliphatic carbocycles. The van der Waals surface area contributed by atoms with E-state index in [1.165, 1.54) is 18.5 Å². The van der Waals surface area contributed by atoms with Gasteiger partial charge in [0, 0.05) is 12.4 Å². The van der Waals surface area contributed by atoms with Gasteiger partial charge >= 0.3 is 0 Å². The number of rotatable bonds is 3. The van der Waals surface area contributed by atoms with Crippen molar-refractivity contribution < 1.29 is 4.39 Å². The van der Waals surface area contributed by atoms with Crippen molar-refractivity contribution in [2.45, 2.75) is 0 Å². The predicted molar refractivity (Wildman–Crippen MR) is 66.6 cm³/mol. The maximum Gasteiger partial charge on any atom is 0.148 e. The van der Waals surface area contributed by atoms with Gasteiger partial charge in [0.15, 0.2) is 0 Å². The van der Waals surface area contributed by atoms with Gasteiger partial charge in [-0.25, -0.2) is 9.37 Å². The molecule has 1 N–H and O–H groups in total. The lowest BCUT2D eigenvalue weighted by molar-refractivity contribution is 0.631. The summed E-state index contributed by atoms with van der Waals surface area (Å²) in [6.07, 6.45) is 7.68. The van der Waals surface area contributed by atoms with Crippen LogP contribution in [-0.2, 0) is 0 Å². The molecule has 0 fully saturated rings. The highest BCUT2D eigenvalue weighted by Gasteiger charge is 2.06. The second-order valence-electron chi connectivity index (χ2n) is 3.75. The highest BCUT2D eigenvalue weighted by molar-refractivity contribution is 5.59. The fourth-order valence-electron chi connectivity index (χ4n) is 1.61. The summed E-state index contributed by atoms with van der Waals surface area (Å²) < 4.78 is 15.4. The average Bonchev–Trinajstić information content (AvgIpc) is 2.96. The molecule has 2 aromatic heterocycles. The Morgan fingerprint density at radius 3 is 2.68 bits per heavy atom. The molecule has 0 bridgehead atoms. The molecular weight excluding hydrogens is 247 g/mol. The van der Waals surface area contributed by atoms with E-state index in [0.29, 0.717) is 11.5 Å². The maximum atomic E-state index is 13.7. The Kier molecular flexibility index (Phi) is 2.85. The van der Waals surface area contributed by atoms with Gasteiger partial charge in [0.1, 0.15) is 24.3 Å². The zero-order chi connectivity index (χ0) is 13.1. The molecule has 3 rings (SSSR count). The number of anilines is 2. The molecule has 0 amide bonds. The molecule has 0 aliphatic rings. The lowest BCUT2D eigenvalue weighted by Crippen LogP contribution is -1.99. The number of benzene rings is 1. The monoisotopic (exact) mass is 256 g/mol. The highest BCUT2D eigenvalue weighted by atomic mass is 19.1. The first-order chi connectivity index (χ1) is 9.33. The Morgan fingerprint density at radius 1 is 1.11 bits per heavy atom. The zero-order valence-corrected chi connectivity index (χ0v) is 9.73. The molecule has 0 radical (unpaired) electrons. The summed E-state index contributed by atoms with van der Waals surface area (Å²) >= 11 is 0. The normalized spacial score (nSPS) is 10.4. The summed E-state index contributed by atoms with van der Waals surface area (Å²) in [6.45, 7) is 0. The van der Waals surface area contributed by atoms with Crippen molar-refractivity contribution in [3.05, 3.63) is 55.3 Å². The number of halogens is 1. The number of nitrogens with zero attached hydrogens (tertiary/aromatic N) is 5. The fraction of sp³-hybridized carbons (Fsp3) is 0. The molecule has 6 nitrogen and oxygen atoms in total. The molecule has 0 spiro atoms. The number of hydrogen-bond acceptors (Lipinski definition) is 5. The van der Waals surface area contributed by atoms with E-state index in [1.54, 1.807) is 35.6 Å². The molecule has 0 atom stereocenters. The average molecular weight is 256 g/mol. The van der Waals surface area contributed by atoms with Gasteiger partial charge in [0.05, 0.1) is 17.6 Å². The SMILES string of the molecule is Fc1ccc(-n2cnnc2)cc1Nc1cnccn1. The minimum atomic E-state index is -0.373. The van der Waals surface area contributed by atoms with Crippen molar-refractivity contribution in [1.82, 2.24) is 24.7 Å². The molecule has 0 unspecified atom stereocenters. The van der Waals surface area contributed by atoms with E-state index < -0.39 is 0 Å². The van der Waals surface area contributed by atoms with Gasteiger partial charge in [-0.1, -0.05) is 0 Å². The molecule has 3 aromatic rings. The third-order valence-electron chi connectivity index (χ3n) is 2.49. The van der Waals surface area contributed by atoms with Crippen LogP contribution in [-0.4, -0.2) is 24.7 Å². The van der Waals surface area contributed by atoms with E-state index in [1.807, 2.05) is 0 Å². The van der Waals surface area contributed by atoms with Crippen LogP contribution in [0.3, 0.4) is 0 Å². The van der Waals surface area contributed by atoms with Crippen LogP contribution in [0.5, 0.6) is 0 Å². The summed E-state index contributed by atoms with van der Waals surface area (Å²) in [5, 5.41) is 10.3. The quantitative estimate of drug-likeness (QED) is 0.775. The molecular formula is C12H9FN6. The van der Waals surface area contributed by atoms with E-state index >= 15 is 0 Å². The van der Waals surface area contributed by atoms with E-state index in [2.05, 4.69) is 25.5 Å². The molecule has 19 heavy (non-hydrogen) atoms. The smallest absolute Gasteiger partial charge is 0.148 e. The summed E-state index contributed by atoms with van der Waals surface area (Å²) in [5.41, 5.74) is 1.06. The summed E-state index contributed by atoms with van der Waals surface area (Å²) in [4.78, 5) is 7.95. The largest absolute Gasteiger partial charge is 0.336 e. The summed E-state index contributed by atoms with van der Waals surface area (Å²) in [5.74, 6) is 0.102. The van der Waals surface area contributed by atoms with Crippen LogP contribution in [0.1, 0.15) is 0 Å². The van der Waals surface area contributed by atoms with Crippen LogP contribution in [0.15, 0.2) is 49.4 Å². The Labute approximate surface area is 108 Å². The van der Waals surface area contributed by atoms with Crippen LogP contribution in [0.25, 0.3) is 5.69 Å². The van der Waals surface area contributed by atoms with Crippen LogP contribution < -0.4 is 5.32 Å². The standard InChI is InChI=1S/C12H9FN6/c13-10-2-1-9(19-7-16-17-8-19)5-11(10)18-12-6-14-3-4-15-12/h1-8H,(H,15,18). The van der Waals surface area contributed by atoms with Crippen molar-refractivity contribution in [1.29, 1.82) is 0 Å². The lowest BCUT2D eigenvalue weighted by Gasteiger charge is -2.08. The Balaban J connectivity index is 1.95. The number of aromatic nitrogens is 5. The zero-order valence-electron chi connectivity index (χ0n) is 9.73. The van der Waals surface area contributed by atoms with Crippen molar-refractivity contribution in [2.24, 2.45) is 0 Å². The van der Waals surface area contributed by atoms with Crippen molar-refractivity contribution >= 4 is 11.5 Å². The third-order valence-corrected chi connectivity index (χ3v) is 2.49. The van der Waals surface area contributed by atoms with Gasteiger partial charge in [-0.05, 0) is 18.2 Å². The molecule has 0 saturated carbocycles. The molecule has 1 aromatic carbocycles. The Hall–Kier alpha value is -2.83. The highest BCUT2D eigenvalue weighted by Crippen LogP contribution is 2.21. The molecule has 0 aliphatic heterocycles. The molecule has 7 heteroatoms. The van der Waals surface area contributed by atoms with Gasteiger partial charge in [-0.15, -0.1) is 10.2 Å². The minimum absolute atomic E-state index is 0.312. The van der Waals surface area contributed by atoms with Gasteiger partial charge in [0.2, 0.25) is 0 Å². The van der Waals surface area contributed by atoms with Crippen LogP contribution >= 0.6 is 0 Å². The van der Waals surface area contributed by atoms with Gasteiger partial charge < -0.3 is 5.32 Å². The first-order valence-corrected chi connectivity index (χ1v) is 5.50. The Morgan fingerprint density at radius 2 is 1.95 bits per heavy atom. The van der Waals surface area contributed by atoms with E-state index in [9.17, 15) is 4.39 Å². The van der Waals surface area contributed by atoms with Crippen molar-refractivity contribution in [3.8, 4) is 5.69 Å². The third kappa shape index (κ3) is 2.39. The molecule has 2 heterocycles. The number of hydrogen-bond donors (Lipinski definition) is 1. The topological polar surface area (TPSA) is 68.5 Å². The number of nitrogens with one attached hydrogen (secondary N) is 1. The van der Waals surface area contributed by atoms with Gasteiger partial charge in [0.25, 0.3) is 0 Å². The van der Waals surface area contributed by atoms with Crippen LogP contribution in [0, 0.1) is 5.82 Å². The van der Waals surface area contributed by atoms with Crippen molar-refractivity contribution in [3.63, 3.8) is 0 Å². The molecule has 0 saturated heterocycles. The summed E-state index contributed by atoms with van der Waals surface area (Å²) in [6, 6.07) is 4.65. The first-order valence-electron chi connectivity index (χ1n) is 5.50. The fourth-order valence-corrected chi connectivity index (χ4v) is 1.61. The second kappa shape index (κ2) is 4.81. The lowest BCUT2D eigenvalue weighted by atomic mass is 10.2. The summed E-state index contributed by atoms with van der Waals surface area (Å²) in [7, 11) is 0. The first kappa shape index (κ1) is 11.3. The van der Waals surface area contributed by atoms with E-state index in [4.69, 9.17) is 0 Å². The molecule has 94 valence electrons. The maximum absolute atomic E-state index is 13.7. The predicted octanol–water partition coefficient (Wildman–Crippen LogP) is 1.94.